The van der Waals surface area contributed by atoms with Gasteiger partial charge in [0.2, 0.25) is 0 Å². The second-order valence-corrected chi connectivity index (χ2v) is 0.500. The SMILES string of the molecule is O.O.O.O.O.O.O=C([O-])[O-].O=C([O-])[O-].[Ca+2].[Ca+2]. The van der Waals surface area contributed by atoms with E-state index >= 15 is 0 Å². The van der Waals surface area contributed by atoms with Crippen molar-refractivity contribution in [1.82, 2.24) is 0 Å². The van der Waals surface area contributed by atoms with Gasteiger partial charge in [0.15, 0.2) is 0 Å². The summed E-state index contributed by atoms with van der Waals surface area (Å²) in [5, 5.41) is 33.3. The Morgan fingerprint density at radius 1 is 0.500 bits per heavy atom. The first-order valence-electron chi connectivity index (χ1n) is 1.22. The third kappa shape index (κ3) is 4210. The van der Waals surface area contributed by atoms with E-state index in [4.69, 9.17) is 30.0 Å². The van der Waals surface area contributed by atoms with E-state index in [9.17, 15) is 0 Å². The van der Waals surface area contributed by atoms with E-state index in [0.717, 1.165) is 0 Å². The average Bonchev–Trinajstić information content (AvgIpc) is 1.25. The van der Waals surface area contributed by atoms with Crippen molar-refractivity contribution >= 4 is 87.8 Å². The fraction of sp³-hybridized carbons (Fsp3) is 0. The number of hydrogen-bond donors (Lipinski definition) is 0. The van der Waals surface area contributed by atoms with Gasteiger partial charge in [0.1, 0.15) is 0 Å². The van der Waals surface area contributed by atoms with Crippen LogP contribution >= 0.6 is 0 Å². The van der Waals surface area contributed by atoms with Crippen LogP contribution in [0.25, 0.3) is 0 Å². The normalized spacial score (nSPS) is 3.00. The second-order valence-electron chi connectivity index (χ2n) is 0.500. The van der Waals surface area contributed by atoms with E-state index in [1.807, 2.05) is 0 Å². The standard InChI is InChI=1S/2CH2O3.2Ca.6H2O/c2*2-1(3)4;;;;;;;;/h2*(H2,2,3,4);;;6*1H2/q;;2*+2;;;;;;/p-4. The maximum atomic E-state index is 8.33. The minimum Gasteiger partial charge on any atom is -0.652 e. The zero-order valence-electron chi connectivity index (χ0n) is 7.86. The molecule has 0 saturated heterocycles. The number of rotatable bonds is 0. The second kappa shape index (κ2) is 74.7. The molecule has 0 unspecified atom stereocenters. The maximum absolute atomic E-state index is 8.33. The van der Waals surface area contributed by atoms with Crippen molar-refractivity contribution in [2.45, 2.75) is 0 Å². The van der Waals surface area contributed by atoms with Gasteiger partial charge < -0.3 is 62.9 Å². The Bertz CT molecular complexity index is 75.0. The Morgan fingerprint density at radius 3 is 0.500 bits per heavy atom. The monoisotopic (exact) mass is 308 g/mol. The van der Waals surface area contributed by atoms with Crippen LogP contribution in [0.5, 0.6) is 0 Å². The number of carboxylic acid groups (broad SMARTS) is 4. The molecule has 0 rings (SSSR count). The first-order chi connectivity index (χ1) is 3.46. The summed E-state index contributed by atoms with van der Waals surface area (Å²) in [6.07, 6.45) is -4.67. The summed E-state index contributed by atoms with van der Waals surface area (Å²) in [4.78, 5) is 16.7. The summed E-state index contributed by atoms with van der Waals surface area (Å²) < 4.78 is 0. The minimum absolute atomic E-state index is 0. The fourth-order valence-electron chi connectivity index (χ4n) is 0. The fourth-order valence-corrected chi connectivity index (χ4v) is 0. The molecule has 12 nitrogen and oxygen atoms in total. The average molecular weight is 308 g/mol. The number of carbonyl (C=O) groups excluding carboxylic acids is 2. The van der Waals surface area contributed by atoms with E-state index < -0.39 is 12.3 Å². The Hall–Kier alpha value is 0.819. The third-order valence-electron chi connectivity index (χ3n) is 0. The van der Waals surface area contributed by atoms with Crippen LogP contribution in [0.3, 0.4) is 0 Å². The number of hydrogen-bond acceptors (Lipinski definition) is 6. The molecule has 0 saturated carbocycles. The van der Waals surface area contributed by atoms with Gasteiger partial charge in [-0.05, 0) is 12.3 Å². The van der Waals surface area contributed by atoms with Crippen LogP contribution in [0.2, 0.25) is 0 Å². The molecule has 0 heterocycles. The molecule has 0 amide bonds. The smallest absolute Gasteiger partial charge is 0.652 e. The van der Waals surface area contributed by atoms with E-state index in [1.165, 1.54) is 0 Å². The predicted molar refractivity (Wildman–Crippen MR) is 44.0 cm³/mol. The first-order valence-corrected chi connectivity index (χ1v) is 1.22. The Labute approximate surface area is 149 Å². The molecule has 0 aliphatic carbocycles. The van der Waals surface area contributed by atoms with Crippen LogP contribution in [0.1, 0.15) is 0 Å². The van der Waals surface area contributed by atoms with Gasteiger partial charge in [-0.2, -0.15) is 0 Å². The largest absolute Gasteiger partial charge is 2.00 e. The van der Waals surface area contributed by atoms with Crippen molar-refractivity contribution in [2.24, 2.45) is 0 Å². The van der Waals surface area contributed by atoms with Gasteiger partial charge in [0, 0.05) is 0 Å². The molecule has 96 valence electrons. The van der Waals surface area contributed by atoms with Crippen LogP contribution in [-0.4, -0.2) is 121 Å². The zero-order chi connectivity index (χ0) is 7.15. The summed E-state index contributed by atoms with van der Waals surface area (Å²) in [5.74, 6) is 0. The van der Waals surface area contributed by atoms with Gasteiger partial charge >= 0.3 is 75.5 Å². The third-order valence-corrected chi connectivity index (χ3v) is 0. The first kappa shape index (κ1) is 90.5. The van der Waals surface area contributed by atoms with E-state index in [2.05, 4.69) is 0 Å². The molecule has 12 N–H and O–H groups in total. The molecule has 14 heteroatoms. The molecule has 0 aromatic heterocycles. The van der Waals surface area contributed by atoms with Gasteiger partial charge in [0.25, 0.3) is 0 Å². The quantitative estimate of drug-likeness (QED) is 0.390. The summed E-state index contributed by atoms with van der Waals surface area (Å²) in [7, 11) is 0. The van der Waals surface area contributed by atoms with Crippen molar-refractivity contribution in [3.05, 3.63) is 0 Å². The molecule has 0 spiro atoms. The van der Waals surface area contributed by atoms with E-state index in [0.29, 0.717) is 0 Å². The van der Waals surface area contributed by atoms with Gasteiger partial charge in [-0.3, -0.25) is 0 Å². The topological polar surface area (TPSA) is 315 Å². The van der Waals surface area contributed by atoms with Gasteiger partial charge in [0.05, 0.1) is 0 Å². The Morgan fingerprint density at radius 2 is 0.500 bits per heavy atom. The summed E-state index contributed by atoms with van der Waals surface area (Å²) in [5.41, 5.74) is 0. The van der Waals surface area contributed by atoms with E-state index in [1.54, 1.807) is 0 Å². The van der Waals surface area contributed by atoms with Gasteiger partial charge in [-0.1, -0.05) is 0 Å². The van der Waals surface area contributed by atoms with Crippen molar-refractivity contribution in [2.75, 3.05) is 0 Å². The molecule has 0 aliphatic heterocycles. The molecule has 0 aliphatic rings. The molecule has 0 bridgehead atoms. The van der Waals surface area contributed by atoms with Gasteiger partial charge in [-0.25, -0.2) is 0 Å². The zero-order valence-corrected chi connectivity index (χ0v) is 12.3. The van der Waals surface area contributed by atoms with Crippen molar-refractivity contribution < 1.29 is 62.9 Å². The molecule has 0 atom stereocenters. The predicted octanol–water partition coefficient (Wildman–Crippen LogP) is -10.6. The Balaban J connectivity index is -0.00000000375. The van der Waals surface area contributed by atoms with E-state index in [-0.39, 0.29) is 108 Å². The minimum atomic E-state index is -2.33. The molecule has 0 fully saturated rings. The molecule has 16 heavy (non-hydrogen) atoms. The summed E-state index contributed by atoms with van der Waals surface area (Å²) >= 11 is 0. The van der Waals surface area contributed by atoms with Crippen LogP contribution in [0, 0.1) is 0 Å². The molecule has 0 aromatic carbocycles. The van der Waals surface area contributed by atoms with Crippen LogP contribution < -0.4 is 20.4 Å². The van der Waals surface area contributed by atoms with Crippen LogP contribution in [0.4, 0.5) is 9.59 Å². The molecular formula is C2H12Ca2O12. The molecule has 0 radical (unpaired) electrons. The molecular weight excluding hydrogens is 296 g/mol. The number of carbonyl (C=O) groups is 2. The van der Waals surface area contributed by atoms with Crippen molar-refractivity contribution in [3.63, 3.8) is 0 Å². The van der Waals surface area contributed by atoms with Gasteiger partial charge in [-0.15, -0.1) is 0 Å². The Kier molecular flexibility index (Phi) is 423. The van der Waals surface area contributed by atoms with Crippen LogP contribution in [0.15, 0.2) is 0 Å². The summed E-state index contributed by atoms with van der Waals surface area (Å²) in [6, 6.07) is 0. The van der Waals surface area contributed by atoms with Crippen molar-refractivity contribution in [1.29, 1.82) is 0 Å². The van der Waals surface area contributed by atoms with Crippen molar-refractivity contribution in [3.8, 4) is 0 Å². The maximum Gasteiger partial charge on any atom is 2.00 e. The summed E-state index contributed by atoms with van der Waals surface area (Å²) in [6.45, 7) is 0. The van der Waals surface area contributed by atoms with Crippen LogP contribution in [-0.2, 0) is 0 Å². The molecule has 0 aromatic rings.